The molecule has 0 aromatic heterocycles. The van der Waals surface area contributed by atoms with E-state index in [1.54, 1.807) is 0 Å². The summed E-state index contributed by atoms with van der Waals surface area (Å²) in [6.45, 7) is 4.82. The van der Waals surface area contributed by atoms with Crippen LogP contribution in [0.25, 0.3) is 0 Å². The first-order valence-corrected chi connectivity index (χ1v) is 24.9. The lowest BCUT2D eigenvalue weighted by atomic mass is 10.0. The summed E-state index contributed by atoms with van der Waals surface area (Å²) in [7, 11) is -4.65. The molecule has 0 aliphatic carbocycles. The third-order valence-corrected chi connectivity index (χ3v) is 11.1. The SMILES string of the molecule is CCCCCCCCCCCCCCCCCCCCCCOC[C@H](COP(=O)(O)O)OC(=O)CCCCCCCCCCCCCCCCCCC. The van der Waals surface area contributed by atoms with Gasteiger partial charge in [0, 0.05) is 13.0 Å². The van der Waals surface area contributed by atoms with Crippen molar-refractivity contribution in [1.29, 1.82) is 0 Å². The third-order valence-electron chi connectivity index (χ3n) is 10.7. The lowest BCUT2D eigenvalue weighted by Crippen LogP contribution is -2.28. The molecule has 0 aromatic rings. The standard InChI is InChI=1S/C45H91O7P/c1-3-5-7-9-11-13-15-17-19-21-22-23-25-27-29-31-33-35-37-39-41-50-42-44(43-51-53(47,48)49)52-45(46)40-38-36-34-32-30-28-26-24-20-18-16-14-12-10-8-6-4-2/h44H,3-43H2,1-2H3,(H2,47,48,49)/t44-/m1/s1. The first-order chi connectivity index (χ1) is 25.9. The predicted molar refractivity (Wildman–Crippen MR) is 225 cm³/mol. The summed E-state index contributed by atoms with van der Waals surface area (Å²) < 4.78 is 27.1. The van der Waals surface area contributed by atoms with Gasteiger partial charge in [-0.15, -0.1) is 0 Å². The molecule has 7 nitrogen and oxygen atoms in total. The summed E-state index contributed by atoms with van der Waals surface area (Å²) in [5.41, 5.74) is 0. The summed E-state index contributed by atoms with van der Waals surface area (Å²) in [5.74, 6) is -0.354. The molecule has 1 atom stereocenters. The van der Waals surface area contributed by atoms with Gasteiger partial charge in [-0.3, -0.25) is 9.32 Å². The summed E-state index contributed by atoms with van der Waals surface area (Å²) in [6, 6.07) is 0. The first-order valence-electron chi connectivity index (χ1n) is 23.4. The van der Waals surface area contributed by atoms with Gasteiger partial charge in [0.2, 0.25) is 0 Å². The number of phosphoric acid groups is 1. The lowest BCUT2D eigenvalue weighted by molar-refractivity contribution is -0.154. The van der Waals surface area contributed by atoms with E-state index in [-0.39, 0.29) is 19.2 Å². The molecule has 2 N–H and O–H groups in total. The van der Waals surface area contributed by atoms with Crippen molar-refractivity contribution in [1.82, 2.24) is 0 Å². The van der Waals surface area contributed by atoms with E-state index in [9.17, 15) is 9.36 Å². The largest absolute Gasteiger partial charge is 0.469 e. The highest BCUT2D eigenvalue weighted by atomic mass is 31.2. The van der Waals surface area contributed by atoms with Crippen LogP contribution in [0.2, 0.25) is 0 Å². The van der Waals surface area contributed by atoms with Crippen LogP contribution in [0.15, 0.2) is 0 Å². The Balaban J connectivity index is 3.68. The first kappa shape index (κ1) is 52.5. The Morgan fingerprint density at radius 1 is 0.434 bits per heavy atom. The third kappa shape index (κ3) is 45.8. The van der Waals surface area contributed by atoms with Crippen LogP contribution in [0, 0.1) is 0 Å². The van der Waals surface area contributed by atoms with Crippen molar-refractivity contribution < 1.29 is 33.1 Å². The van der Waals surface area contributed by atoms with Gasteiger partial charge in [0.1, 0.15) is 6.10 Å². The van der Waals surface area contributed by atoms with Crippen LogP contribution in [-0.4, -0.2) is 41.7 Å². The zero-order valence-corrected chi connectivity index (χ0v) is 36.3. The molecular weight excluding hydrogens is 683 g/mol. The second-order valence-electron chi connectivity index (χ2n) is 16.1. The summed E-state index contributed by atoms with van der Waals surface area (Å²) in [4.78, 5) is 30.7. The fourth-order valence-corrected chi connectivity index (χ4v) is 7.57. The van der Waals surface area contributed by atoms with E-state index in [1.165, 1.54) is 205 Å². The van der Waals surface area contributed by atoms with Crippen molar-refractivity contribution in [3.8, 4) is 0 Å². The number of ether oxygens (including phenoxy) is 2. The summed E-state index contributed by atoms with van der Waals surface area (Å²) >= 11 is 0. The molecule has 0 rings (SSSR count). The number of unbranched alkanes of at least 4 members (excludes halogenated alkanes) is 35. The van der Waals surface area contributed by atoms with Crippen molar-refractivity contribution in [3.05, 3.63) is 0 Å². The van der Waals surface area contributed by atoms with Crippen LogP contribution >= 0.6 is 7.82 Å². The average Bonchev–Trinajstić information content (AvgIpc) is 3.13. The average molecular weight is 775 g/mol. The number of carbonyl (C=O) groups is 1. The molecule has 0 amide bonds. The number of carbonyl (C=O) groups excluding carboxylic acids is 1. The predicted octanol–water partition coefficient (Wildman–Crippen LogP) is 14.9. The number of phosphoric ester groups is 1. The maximum atomic E-state index is 12.4. The van der Waals surface area contributed by atoms with Gasteiger partial charge < -0.3 is 19.3 Å². The van der Waals surface area contributed by atoms with Crippen molar-refractivity contribution in [3.63, 3.8) is 0 Å². The van der Waals surface area contributed by atoms with Crippen LogP contribution < -0.4 is 0 Å². The van der Waals surface area contributed by atoms with Gasteiger partial charge in [0.25, 0.3) is 0 Å². The van der Waals surface area contributed by atoms with Gasteiger partial charge in [-0.2, -0.15) is 0 Å². The van der Waals surface area contributed by atoms with Gasteiger partial charge in [-0.05, 0) is 12.8 Å². The second-order valence-corrected chi connectivity index (χ2v) is 17.3. The monoisotopic (exact) mass is 775 g/mol. The van der Waals surface area contributed by atoms with Crippen molar-refractivity contribution in [2.24, 2.45) is 0 Å². The Hall–Kier alpha value is -0.460. The van der Waals surface area contributed by atoms with Crippen molar-refractivity contribution in [2.75, 3.05) is 19.8 Å². The zero-order valence-electron chi connectivity index (χ0n) is 35.5. The topological polar surface area (TPSA) is 102 Å². The molecule has 0 saturated heterocycles. The van der Waals surface area contributed by atoms with Gasteiger partial charge in [-0.1, -0.05) is 239 Å². The zero-order chi connectivity index (χ0) is 38.8. The van der Waals surface area contributed by atoms with Gasteiger partial charge >= 0.3 is 13.8 Å². The van der Waals surface area contributed by atoms with E-state index >= 15 is 0 Å². The molecule has 0 saturated carbocycles. The number of hydrogen-bond donors (Lipinski definition) is 2. The molecule has 0 fully saturated rings. The second kappa shape index (κ2) is 42.7. The fraction of sp³-hybridized carbons (Fsp3) is 0.978. The maximum Gasteiger partial charge on any atom is 0.469 e. The van der Waals surface area contributed by atoms with Gasteiger partial charge in [-0.25, -0.2) is 4.57 Å². The Morgan fingerprint density at radius 2 is 0.717 bits per heavy atom. The number of hydrogen-bond acceptors (Lipinski definition) is 5. The van der Waals surface area contributed by atoms with E-state index in [2.05, 4.69) is 18.4 Å². The molecule has 0 bridgehead atoms. The van der Waals surface area contributed by atoms with Crippen molar-refractivity contribution >= 4 is 13.8 Å². The molecule has 0 aliphatic rings. The van der Waals surface area contributed by atoms with Gasteiger partial charge in [0.05, 0.1) is 13.2 Å². The molecule has 8 heteroatoms. The Kier molecular flexibility index (Phi) is 42.3. The number of rotatable bonds is 45. The minimum atomic E-state index is -4.65. The van der Waals surface area contributed by atoms with Crippen LogP contribution in [0.1, 0.15) is 258 Å². The summed E-state index contributed by atoms with van der Waals surface area (Å²) in [5, 5.41) is 0. The van der Waals surface area contributed by atoms with E-state index in [0.717, 1.165) is 32.1 Å². The Bertz CT molecular complexity index is 774. The molecule has 0 unspecified atom stereocenters. The molecule has 0 spiro atoms. The van der Waals surface area contributed by atoms with Crippen LogP contribution in [0.3, 0.4) is 0 Å². The molecule has 318 valence electrons. The van der Waals surface area contributed by atoms with Crippen LogP contribution in [-0.2, 0) is 23.4 Å². The smallest absolute Gasteiger partial charge is 0.457 e. The highest BCUT2D eigenvalue weighted by molar-refractivity contribution is 7.46. The molecule has 0 radical (unpaired) electrons. The van der Waals surface area contributed by atoms with Gasteiger partial charge in [0.15, 0.2) is 0 Å². The van der Waals surface area contributed by atoms with E-state index < -0.39 is 13.9 Å². The maximum absolute atomic E-state index is 12.4. The Labute approximate surface area is 329 Å². The molecular formula is C45H91O7P. The van der Waals surface area contributed by atoms with E-state index in [4.69, 9.17) is 19.3 Å². The molecule has 0 aromatic carbocycles. The molecule has 53 heavy (non-hydrogen) atoms. The lowest BCUT2D eigenvalue weighted by Gasteiger charge is -2.18. The normalized spacial score (nSPS) is 12.5. The van der Waals surface area contributed by atoms with E-state index in [0.29, 0.717) is 13.0 Å². The Morgan fingerprint density at radius 3 is 1.02 bits per heavy atom. The fourth-order valence-electron chi connectivity index (χ4n) is 7.21. The van der Waals surface area contributed by atoms with Crippen molar-refractivity contribution in [2.45, 2.75) is 264 Å². The van der Waals surface area contributed by atoms with Crippen LogP contribution in [0.4, 0.5) is 0 Å². The minimum Gasteiger partial charge on any atom is -0.457 e. The quantitative estimate of drug-likeness (QED) is 0.0361. The molecule has 0 heterocycles. The number of esters is 1. The summed E-state index contributed by atoms with van der Waals surface area (Å²) in [6.07, 6.45) is 48.2. The van der Waals surface area contributed by atoms with Crippen LogP contribution in [0.5, 0.6) is 0 Å². The highest BCUT2D eigenvalue weighted by Crippen LogP contribution is 2.36. The van der Waals surface area contributed by atoms with E-state index in [1.807, 2.05) is 0 Å². The minimum absolute atomic E-state index is 0.0872. The highest BCUT2D eigenvalue weighted by Gasteiger charge is 2.21. The molecule has 0 aliphatic heterocycles.